The fourth-order valence-electron chi connectivity index (χ4n) is 5.07. The molecule has 5 aromatic rings. The van der Waals surface area contributed by atoms with Crippen molar-refractivity contribution in [1.29, 1.82) is 0 Å². The molecule has 11 nitrogen and oxygen atoms in total. The summed E-state index contributed by atoms with van der Waals surface area (Å²) in [4.78, 5) is 35.3. The van der Waals surface area contributed by atoms with Gasteiger partial charge in [-0.05, 0) is 50.5 Å². The molecule has 0 spiro atoms. The molecular weight excluding hydrogens is 644 g/mol. The van der Waals surface area contributed by atoms with E-state index in [1.54, 1.807) is 20.3 Å². The van der Waals surface area contributed by atoms with Gasteiger partial charge in [-0.1, -0.05) is 119 Å². The van der Waals surface area contributed by atoms with Gasteiger partial charge in [-0.25, -0.2) is 14.0 Å². The van der Waals surface area contributed by atoms with E-state index in [-0.39, 0.29) is 30.3 Å². The molecule has 4 aromatic carbocycles. The molecule has 11 heteroatoms. The molecule has 0 bridgehead atoms. The van der Waals surface area contributed by atoms with E-state index in [1.807, 2.05) is 113 Å². The van der Waals surface area contributed by atoms with E-state index in [0.717, 1.165) is 39.1 Å². The van der Waals surface area contributed by atoms with Gasteiger partial charge in [-0.2, -0.15) is 0 Å². The van der Waals surface area contributed by atoms with Crippen LogP contribution in [-0.4, -0.2) is 46.3 Å². The predicted octanol–water partition coefficient (Wildman–Crippen LogP) is 6.69. The lowest BCUT2D eigenvalue weighted by Crippen LogP contribution is -2.22. The first kappa shape index (κ1) is 37.6. The molecule has 1 N–H and O–H groups in total. The maximum Gasteiger partial charge on any atom is 0.353 e. The molecule has 51 heavy (non-hydrogen) atoms. The lowest BCUT2D eigenvalue weighted by Gasteiger charge is -2.11. The first-order valence-corrected chi connectivity index (χ1v) is 16.3. The standard InChI is InChI=1S/C20H22N4O3.C20H22N2O2/c1-14-8-7-10-16(12-14)15(2)22-27-13-17-9-5-6-11-18(17)24-19(26-4)21-23(3)20(24)25;1-14-8-7-10-17(12-14)16(3)24-22-13-18-9-5-6-11-19(18)15(2)20(23)21-4/h5-12H,13H2,1-4H3;5-13,16H,2H2,1,3-4H3,(H,21,23)/b22-15+;22-13+. The van der Waals surface area contributed by atoms with Crippen molar-refractivity contribution in [2.24, 2.45) is 17.4 Å². The first-order valence-electron chi connectivity index (χ1n) is 16.3. The van der Waals surface area contributed by atoms with Gasteiger partial charge >= 0.3 is 11.7 Å². The monoisotopic (exact) mass is 688 g/mol. The number of carbonyl (C=O) groups is 1. The normalized spacial score (nSPS) is 11.7. The Morgan fingerprint density at radius 3 is 2.37 bits per heavy atom. The van der Waals surface area contributed by atoms with Crippen molar-refractivity contribution in [3.63, 3.8) is 0 Å². The number of para-hydroxylation sites is 1. The zero-order valence-corrected chi connectivity index (χ0v) is 30.1. The summed E-state index contributed by atoms with van der Waals surface area (Å²) in [6.45, 7) is 12.0. The number of rotatable bonds is 12. The highest BCUT2D eigenvalue weighted by molar-refractivity contribution is 6.20. The molecule has 1 aromatic heterocycles. The number of benzene rings is 4. The Hall–Kier alpha value is -6.23. The Balaban J connectivity index is 0.000000230. The Bertz CT molecular complexity index is 2100. The van der Waals surface area contributed by atoms with Crippen LogP contribution in [0.1, 0.15) is 58.9 Å². The van der Waals surface area contributed by atoms with Crippen molar-refractivity contribution < 1.29 is 19.2 Å². The maximum absolute atomic E-state index is 12.4. The Morgan fingerprint density at radius 2 is 1.67 bits per heavy atom. The fraction of sp³-hybridized carbons (Fsp3) is 0.225. The second kappa shape index (κ2) is 18.0. The molecular formula is C40H44N6O5. The molecule has 1 unspecified atom stereocenters. The van der Waals surface area contributed by atoms with Crippen LogP contribution in [-0.2, 0) is 28.1 Å². The van der Waals surface area contributed by atoms with Crippen molar-refractivity contribution >= 4 is 23.4 Å². The number of oxime groups is 2. The number of amides is 1. The Labute approximate surface area is 298 Å². The zero-order chi connectivity index (χ0) is 36.9. The van der Waals surface area contributed by atoms with E-state index >= 15 is 0 Å². The lowest BCUT2D eigenvalue weighted by atomic mass is 10.0. The summed E-state index contributed by atoms with van der Waals surface area (Å²) in [6.07, 6.45) is 1.45. The molecule has 0 saturated heterocycles. The van der Waals surface area contributed by atoms with Gasteiger partial charge in [0.15, 0.2) is 0 Å². The van der Waals surface area contributed by atoms with Crippen LogP contribution in [0.25, 0.3) is 11.3 Å². The summed E-state index contributed by atoms with van der Waals surface area (Å²) in [5, 5.41) is 14.9. The maximum atomic E-state index is 12.4. The average molecular weight is 689 g/mol. The van der Waals surface area contributed by atoms with Crippen molar-refractivity contribution in [3.8, 4) is 11.7 Å². The number of hydrogen-bond acceptors (Lipinski definition) is 8. The van der Waals surface area contributed by atoms with Gasteiger partial charge in [0, 0.05) is 30.8 Å². The molecule has 1 heterocycles. The van der Waals surface area contributed by atoms with Gasteiger partial charge in [-0.15, -0.1) is 5.10 Å². The van der Waals surface area contributed by atoms with E-state index in [9.17, 15) is 9.59 Å². The number of carbonyl (C=O) groups excluding carboxylic acids is 1. The van der Waals surface area contributed by atoms with Crippen molar-refractivity contribution in [2.75, 3.05) is 14.2 Å². The van der Waals surface area contributed by atoms with Gasteiger partial charge in [0.1, 0.15) is 12.7 Å². The highest BCUT2D eigenvalue weighted by Crippen LogP contribution is 2.21. The zero-order valence-electron chi connectivity index (χ0n) is 30.1. The molecule has 264 valence electrons. The molecule has 1 amide bonds. The average Bonchev–Trinajstić information content (AvgIpc) is 3.43. The van der Waals surface area contributed by atoms with E-state index in [1.165, 1.54) is 21.9 Å². The van der Waals surface area contributed by atoms with Crippen LogP contribution in [0.2, 0.25) is 0 Å². The lowest BCUT2D eigenvalue weighted by molar-refractivity contribution is -0.115. The quantitative estimate of drug-likeness (QED) is 0.0886. The van der Waals surface area contributed by atoms with Crippen LogP contribution < -0.4 is 15.7 Å². The SMILES string of the molecule is C=C(C(=O)NC)c1ccccc1/C=N/OC(C)c1cccc(C)c1.COc1nn(C)c(=O)n1-c1ccccc1CO/N=C(\C)c1cccc(C)c1. The third-order valence-corrected chi connectivity index (χ3v) is 7.88. The number of aryl methyl sites for hydroxylation is 3. The topological polar surface area (TPSA) is 121 Å². The molecule has 0 aliphatic heterocycles. The number of nitrogens with one attached hydrogen (secondary N) is 1. The Kier molecular flexibility index (Phi) is 13.2. The van der Waals surface area contributed by atoms with Gasteiger partial charge in [0.2, 0.25) is 0 Å². The van der Waals surface area contributed by atoms with Crippen LogP contribution in [0.15, 0.2) is 119 Å². The molecule has 0 saturated carbocycles. The van der Waals surface area contributed by atoms with Crippen molar-refractivity contribution in [1.82, 2.24) is 19.7 Å². The number of nitrogens with zero attached hydrogens (tertiary/aromatic N) is 5. The van der Waals surface area contributed by atoms with E-state index in [0.29, 0.717) is 11.3 Å². The third kappa shape index (κ3) is 9.91. The minimum Gasteiger partial charge on any atom is -0.467 e. The molecule has 0 radical (unpaired) electrons. The van der Waals surface area contributed by atoms with E-state index in [4.69, 9.17) is 14.4 Å². The highest BCUT2D eigenvalue weighted by atomic mass is 16.6. The fourth-order valence-corrected chi connectivity index (χ4v) is 5.07. The number of hydrogen-bond donors (Lipinski definition) is 1. The Morgan fingerprint density at radius 1 is 0.980 bits per heavy atom. The van der Waals surface area contributed by atoms with E-state index in [2.05, 4.69) is 39.4 Å². The molecule has 0 aliphatic carbocycles. The second-order valence-electron chi connectivity index (χ2n) is 11.7. The first-order chi connectivity index (χ1) is 24.5. The molecule has 0 fully saturated rings. The molecule has 5 rings (SSSR count). The van der Waals surface area contributed by atoms with Crippen LogP contribution >= 0.6 is 0 Å². The number of likely N-dealkylation sites (N-methyl/N-ethyl adjacent to an activating group) is 1. The van der Waals surface area contributed by atoms with Crippen LogP contribution in [0.4, 0.5) is 0 Å². The van der Waals surface area contributed by atoms with Crippen LogP contribution in [0.3, 0.4) is 0 Å². The molecule has 1 atom stereocenters. The number of ether oxygens (including phenoxy) is 1. The predicted molar refractivity (Wildman–Crippen MR) is 201 cm³/mol. The number of aromatic nitrogens is 3. The smallest absolute Gasteiger partial charge is 0.353 e. The summed E-state index contributed by atoms with van der Waals surface area (Å²) in [5.41, 5.74) is 8.26. The molecule has 0 aliphatic rings. The van der Waals surface area contributed by atoms with Crippen LogP contribution in [0, 0.1) is 13.8 Å². The van der Waals surface area contributed by atoms with E-state index < -0.39 is 0 Å². The summed E-state index contributed by atoms with van der Waals surface area (Å²) in [5.74, 6) is -0.218. The van der Waals surface area contributed by atoms with Gasteiger partial charge in [0.25, 0.3) is 5.91 Å². The van der Waals surface area contributed by atoms with Gasteiger partial charge < -0.3 is 19.7 Å². The van der Waals surface area contributed by atoms with Gasteiger partial charge in [-0.3, -0.25) is 4.79 Å². The van der Waals surface area contributed by atoms with Crippen molar-refractivity contribution in [3.05, 3.63) is 153 Å². The minimum atomic E-state index is -0.293. The summed E-state index contributed by atoms with van der Waals surface area (Å²) in [7, 11) is 4.64. The summed E-state index contributed by atoms with van der Waals surface area (Å²) in [6, 6.07) is 31.3. The second-order valence-corrected chi connectivity index (χ2v) is 11.7. The number of methoxy groups -OCH3 is 1. The third-order valence-electron chi connectivity index (χ3n) is 7.88. The summed E-state index contributed by atoms with van der Waals surface area (Å²) < 4.78 is 7.88. The summed E-state index contributed by atoms with van der Waals surface area (Å²) >= 11 is 0. The van der Waals surface area contributed by atoms with Crippen LogP contribution in [0.5, 0.6) is 6.01 Å². The van der Waals surface area contributed by atoms with Gasteiger partial charge in [0.05, 0.1) is 24.7 Å². The largest absolute Gasteiger partial charge is 0.467 e. The highest BCUT2D eigenvalue weighted by Gasteiger charge is 2.17. The minimum absolute atomic E-state index is 0.157. The van der Waals surface area contributed by atoms with Crippen molar-refractivity contribution in [2.45, 2.75) is 40.4 Å².